The summed E-state index contributed by atoms with van der Waals surface area (Å²) in [5.41, 5.74) is 0. The summed E-state index contributed by atoms with van der Waals surface area (Å²) >= 11 is 1.92. The van der Waals surface area contributed by atoms with Crippen LogP contribution in [0.3, 0.4) is 0 Å². The maximum absolute atomic E-state index is 2.23. The molecule has 0 aromatic rings. The quantitative estimate of drug-likeness (QED) is 0.498. The summed E-state index contributed by atoms with van der Waals surface area (Å²) in [7, 11) is 0. The molecule has 0 nitrogen and oxygen atoms in total. The van der Waals surface area contributed by atoms with Crippen molar-refractivity contribution in [3.8, 4) is 0 Å². The van der Waals surface area contributed by atoms with E-state index in [-0.39, 0.29) is 0 Å². The molecule has 0 radical (unpaired) electrons. The van der Waals surface area contributed by atoms with Crippen molar-refractivity contribution in [3.05, 3.63) is 23.1 Å². The molecule has 0 fully saturated rings. The second-order valence-electron chi connectivity index (χ2n) is 2.84. The molecule has 0 aromatic carbocycles. The van der Waals surface area contributed by atoms with Gasteiger partial charge in [0.15, 0.2) is 0 Å². The zero-order valence-electron chi connectivity index (χ0n) is 6.14. The van der Waals surface area contributed by atoms with Crippen molar-refractivity contribution in [2.24, 2.45) is 0 Å². The molecule has 0 aromatic heterocycles. The van der Waals surface area contributed by atoms with Gasteiger partial charge in [-0.15, -0.1) is 11.8 Å². The second kappa shape index (κ2) is 2.22. The van der Waals surface area contributed by atoms with Gasteiger partial charge in [-0.2, -0.15) is 0 Å². The van der Waals surface area contributed by atoms with E-state index >= 15 is 0 Å². The van der Waals surface area contributed by atoms with Gasteiger partial charge in [0.1, 0.15) is 0 Å². The first-order valence-electron chi connectivity index (χ1n) is 3.15. The molecule has 1 heterocycles. The maximum atomic E-state index is 2.23. The Morgan fingerprint density at radius 2 is 2.11 bits per heavy atom. The van der Waals surface area contributed by atoms with E-state index in [4.69, 9.17) is 0 Å². The molecule has 0 atom stereocenters. The minimum atomic E-state index is 0.318. The van der Waals surface area contributed by atoms with Crippen molar-refractivity contribution in [2.75, 3.05) is 0 Å². The highest BCUT2D eigenvalue weighted by atomic mass is 32.2. The van der Waals surface area contributed by atoms with E-state index in [0.717, 1.165) is 0 Å². The third-order valence-corrected chi connectivity index (χ3v) is 2.37. The molecular weight excluding hydrogens is 128 g/mol. The van der Waals surface area contributed by atoms with Crippen LogP contribution in [0, 0.1) is 0 Å². The lowest BCUT2D eigenvalue weighted by atomic mass is 10.2. The molecule has 1 aliphatic heterocycles. The van der Waals surface area contributed by atoms with Gasteiger partial charge in [-0.3, -0.25) is 0 Å². The van der Waals surface area contributed by atoms with Crippen molar-refractivity contribution in [1.29, 1.82) is 0 Å². The molecule has 0 amide bonds. The standard InChI is InChI=1S/C8H12S/c1-7-5-4-6-8(2,3)9-7/h4-6H,1-3H3. The second-order valence-corrected chi connectivity index (χ2v) is 4.74. The van der Waals surface area contributed by atoms with E-state index < -0.39 is 0 Å². The fraction of sp³-hybridized carbons (Fsp3) is 0.500. The predicted octanol–water partition coefficient (Wildman–Crippen LogP) is 2.97. The minimum absolute atomic E-state index is 0.318. The highest BCUT2D eigenvalue weighted by Gasteiger charge is 2.16. The molecule has 0 saturated heterocycles. The maximum Gasteiger partial charge on any atom is 0.0329 e. The van der Waals surface area contributed by atoms with E-state index in [9.17, 15) is 0 Å². The van der Waals surface area contributed by atoms with Crippen LogP contribution in [-0.2, 0) is 0 Å². The van der Waals surface area contributed by atoms with Crippen molar-refractivity contribution in [1.82, 2.24) is 0 Å². The largest absolute Gasteiger partial charge is 0.120 e. The number of rotatable bonds is 0. The first kappa shape index (κ1) is 6.94. The van der Waals surface area contributed by atoms with E-state index in [0.29, 0.717) is 4.75 Å². The SMILES string of the molecule is CC1=CC=CC(C)(C)S1. The molecule has 50 valence electrons. The molecule has 0 spiro atoms. The van der Waals surface area contributed by atoms with Crippen LogP contribution >= 0.6 is 11.8 Å². The fourth-order valence-corrected chi connectivity index (χ4v) is 2.02. The Bertz CT molecular complexity index is 163. The first-order valence-corrected chi connectivity index (χ1v) is 3.97. The lowest BCUT2D eigenvalue weighted by Gasteiger charge is -2.22. The summed E-state index contributed by atoms with van der Waals surface area (Å²) < 4.78 is 0.318. The highest BCUT2D eigenvalue weighted by molar-refractivity contribution is 8.04. The lowest BCUT2D eigenvalue weighted by molar-refractivity contribution is 0.898. The number of hydrogen-bond acceptors (Lipinski definition) is 1. The molecule has 9 heavy (non-hydrogen) atoms. The van der Waals surface area contributed by atoms with Crippen molar-refractivity contribution >= 4 is 11.8 Å². The van der Waals surface area contributed by atoms with Crippen LogP contribution in [0.25, 0.3) is 0 Å². The Labute approximate surface area is 61.0 Å². The normalized spacial score (nSPS) is 23.7. The Morgan fingerprint density at radius 3 is 2.44 bits per heavy atom. The van der Waals surface area contributed by atoms with Gasteiger partial charge in [0.2, 0.25) is 0 Å². The summed E-state index contributed by atoms with van der Waals surface area (Å²) in [5, 5.41) is 0. The van der Waals surface area contributed by atoms with E-state index in [1.54, 1.807) is 0 Å². The number of thioether (sulfide) groups is 1. The van der Waals surface area contributed by atoms with Crippen molar-refractivity contribution in [2.45, 2.75) is 25.5 Å². The van der Waals surface area contributed by atoms with Crippen LogP contribution in [0.5, 0.6) is 0 Å². The summed E-state index contributed by atoms with van der Waals surface area (Å²) in [6, 6.07) is 0. The molecule has 1 aliphatic rings. The zero-order valence-corrected chi connectivity index (χ0v) is 6.96. The van der Waals surface area contributed by atoms with Gasteiger partial charge in [0, 0.05) is 4.75 Å². The summed E-state index contributed by atoms with van der Waals surface area (Å²) in [5.74, 6) is 0. The van der Waals surface area contributed by atoms with Crippen LogP contribution < -0.4 is 0 Å². The van der Waals surface area contributed by atoms with E-state index in [2.05, 4.69) is 39.0 Å². The third-order valence-electron chi connectivity index (χ3n) is 1.25. The molecule has 0 saturated carbocycles. The number of hydrogen-bond donors (Lipinski definition) is 0. The Morgan fingerprint density at radius 1 is 1.44 bits per heavy atom. The summed E-state index contributed by atoms with van der Waals surface area (Å²) in [6.45, 7) is 6.60. The van der Waals surface area contributed by atoms with Crippen LogP contribution in [0.2, 0.25) is 0 Å². The molecule has 1 heteroatoms. The van der Waals surface area contributed by atoms with Gasteiger partial charge in [-0.1, -0.05) is 18.2 Å². The third kappa shape index (κ3) is 1.90. The average molecular weight is 140 g/mol. The predicted molar refractivity (Wildman–Crippen MR) is 44.6 cm³/mol. The average Bonchev–Trinajstić information content (AvgIpc) is 1.60. The van der Waals surface area contributed by atoms with Crippen LogP contribution in [0.1, 0.15) is 20.8 Å². The molecular formula is C8H12S. The zero-order chi connectivity index (χ0) is 6.91. The van der Waals surface area contributed by atoms with Crippen LogP contribution in [-0.4, -0.2) is 4.75 Å². The van der Waals surface area contributed by atoms with Crippen molar-refractivity contribution < 1.29 is 0 Å². The minimum Gasteiger partial charge on any atom is -0.120 e. The molecule has 0 N–H and O–H groups in total. The molecule has 0 unspecified atom stereocenters. The van der Waals surface area contributed by atoms with E-state index in [1.807, 2.05) is 11.8 Å². The van der Waals surface area contributed by atoms with Gasteiger partial charge < -0.3 is 0 Å². The smallest absolute Gasteiger partial charge is 0.0329 e. The number of allylic oxidation sites excluding steroid dienone is 3. The van der Waals surface area contributed by atoms with Gasteiger partial charge in [-0.25, -0.2) is 0 Å². The van der Waals surface area contributed by atoms with Gasteiger partial charge in [0.05, 0.1) is 0 Å². The topological polar surface area (TPSA) is 0 Å². The van der Waals surface area contributed by atoms with Crippen molar-refractivity contribution in [3.63, 3.8) is 0 Å². The highest BCUT2D eigenvalue weighted by Crippen LogP contribution is 2.35. The molecule has 0 aliphatic carbocycles. The lowest BCUT2D eigenvalue weighted by Crippen LogP contribution is -2.11. The van der Waals surface area contributed by atoms with Gasteiger partial charge >= 0.3 is 0 Å². The Balaban J connectivity index is 2.73. The summed E-state index contributed by atoms with van der Waals surface area (Å²) in [4.78, 5) is 1.41. The monoisotopic (exact) mass is 140 g/mol. The summed E-state index contributed by atoms with van der Waals surface area (Å²) in [6.07, 6.45) is 6.51. The van der Waals surface area contributed by atoms with Gasteiger partial charge in [-0.05, 0) is 25.7 Å². The van der Waals surface area contributed by atoms with Crippen LogP contribution in [0.15, 0.2) is 23.1 Å². The van der Waals surface area contributed by atoms with Crippen LogP contribution in [0.4, 0.5) is 0 Å². The van der Waals surface area contributed by atoms with Gasteiger partial charge in [0.25, 0.3) is 0 Å². The molecule has 0 bridgehead atoms. The Kier molecular flexibility index (Phi) is 1.71. The first-order chi connectivity index (χ1) is 4.10. The molecule has 1 rings (SSSR count). The fourth-order valence-electron chi connectivity index (χ4n) is 0.898. The Hall–Kier alpha value is -0.170. The van der Waals surface area contributed by atoms with E-state index in [1.165, 1.54) is 4.91 Å².